The zero-order chi connectivity index (χ0) is 17.7. The highest BCUT2D eigenvalue weighted by Crippen LogP contribution is 2.41. The molecule has 3 rings (SSSR count). The molecule has 0 radical (unpaired) electrons. The first-order chi connectivity index (χ1) is 11.1. The van der Waals surface area contributed by atoms with Crippen LogP contribution in [0.5, 0.6) is 5.75 Å². The number of fused-ring (bicyclic) bond motifs is 1. The van der Waals surface area contributed by atoms with Crippen molar-refractivity contribution < 1.29 is 5.11 Å². The van der Waals surface area contributed by atoms with Crippen LogP contribution in [-0.2, 0) is 10.8 Å². The number of phenolic OH excluding ortho intramolecular Hbond substituents is 1. The Balaban J connectivity index is 2.30. The fraction of sp³-hybridized carbons (Fsp3) is 0.400. The molecule has 0 saturated heterocycles. The van der Waals surface area contributed by atoms with Crippen molar-refractivity contribution in [3.63, 3.8) is 0 Å². The molecule has 0 atom stereocenters. The normalized spacial score (nSPS) is 12.8. The third-order valence-electron chi connectivity index (χ3n) is 4.30. The molecule has 0 fully saturated rings. The molecule has 2 aromatic heterocycles. The van der Waals surface area contributed by atoms with Crippen LogP contribution in [0.25, 0.3) is 22.6 Å². The molecule has 3 aromatic rings. The highest BCUT2D eigenvalue weighted by Gasteiger charge is 2.26. The van der Waals surface area contributed by atoms with Crippen molar-refractivity contribution in [1.82, 2.24) is 15.0 Å². The summed E-state index contributed by atoms with van der Waals surface area (Å²) in [6.45, 7) is 12.9. The molecule has 0 aliphatic carbocycles. The number of H-pyrrole nitrogens is 1. The smallest absolute Gasteiger partial charge is 0.178 e. The molecule has 4 nitrogen and oxygen atoms in total. The Morgan fingerprint density at radius 2 is 1.71 bits per heavy atom. The van der Waals surface area contributed by atoms with Crippen molar-refractivity contribution >= 4 is 11.2 Å². The van der Waals surface area contributed by atoms with Gasteiger partial charge < -0.3 is 10.1 Å². The van der Waals surface area contributed by atoms with Crippen molar-refractivity contribution in [3.05, 3.63) is 41.6 Å². The second-order valence-corrected chi connectivity index (χ2v) is 8.38. The molecule has 0 aliphatic rings. The molecule has 0 aliphatic heterocycles. The fourth-order valence-electron chi connectivity index (χ4n) is 2.79. The van der Waals surface area contributed by atoms with E-state index >= 15 is 0 Å². The Morgan fingerprint density at radius 3 is 2.29 bits per heavy atom. The van der Waals surface area contributed by atoms with Gasteiger partial charge in [-0.05, 0) is 34.6 Å². The van der Waals surface area contributed by atoms with Crippen LogP contribution in [0.4, 0.5) is 0 Å². The minimum atomic E-state index is -0.162. The van der Waals surface area contributed by atoms with Gasteiger partial charge in [0, 0.05) is 11.8 Å². The number of rotatable bonds is 1. The summed E-state index contributed by atoms with van der Waals surface area (Å²) in [7, 11) is 0. The molecule has 0 unspecified atom stereocenters. The van der Waals surface area contributed by atoms with E-state index in [1.165, 1.54) is 5.56 Å². The van der Waals surface area contributed by atoms with Crippen LogP contribution >= 0.6 is 0 Å². The molecule has 0 saturated carbocycles. The highest BCUT2D eigenvalue weighted by molar-refractivity contribution is 5.78. The zero-order valence-corrected chi connectivity index (χ0v) is 15.2. The molecule has 2 heterocycles. The van der Waals surface area contributed by atoms with Crippen LogP contribution < -0.4 is 0 Å². The summed E-state index contributed by atoms with van der Waals surface area (Å²) in [6, 6.07) is 7.95. The number of aromatic nitrogens is 3. The standard InChI is InChI=1S/C20H25N3O/c1-19(2,3)12-10-13(16(24)14(11-12)20(4,5)6)17-22-15-8-7-9-21-18(15)23-17/h7-11,24H,1-6H3,(H,21,22,23). The van der Waals surface area contributed by atoms with Crippen LogP contribution in [0.3, 0.4) is 0 Å². The van der Waals surface area contributed by atoms with Gasteiger partial charge in [0.05, 0.1) is 11.1 Å². The van der Waals surface area contributed by atoms with Crippen molar-refractivity contribution in [2.45, 2.75) is 52.4 Å². The van der Waals surface area contributed by atoms with E-state index < -0.39 is 0 Å². The van der Waals surface area contributed by atoms with Crippen LogP contribution in [0.1, 0.15) is 52.7 Å². The maximum absolute atomic E-state index is 10.9. The van der Waals surface area contributed by atoms with Gasteiger partial charge in [0.15, 0.2) is 5.65 Å². The molecule has 0 bridgehead atoms. The number of nitrogens with zero attached hydrogens (tertiary/aromatic N) is 2. The molecule has 2 N–H and O–H groups in total. The van der Waals surface area contributed by atoms with E-state index in [9.17, 15) is 5.11 Å². The van der Waals surface area contributed by atoms with E-state index in [1.54, 1.807) is 6.20 Å². The zero-order valence-electron chi connectivity index (χ0n) is 15.2. The molecule has 126 valence electrons. The molecule has 24 heavy (non-hydrogen) atoms. The van der Waals surface area contributed by atoms with Crippen molar-refractivity contribution in [2.24, 2.45) is 0 Å². The first kappa shape index (κ1) is 16.5. The molecule has 0 spiro atoms. The van der Waals surface area contributed by atoms with Gasteiger partial charge in [0.1, 0.15) is 11.6 Å². The van der Waals surface area contributed by atoms with E-state index in [4.69, 9.17) is 0 Å². The summed E-state index contributed by atoms with van der Waals surface area (Å²) in [5, 5.41) is 10.9. The Labute approximate surface area is 143 Å². The van der Waals surface area contributed by atoms with Crippen LogP contribution in [0.2, 0.25) is 0 Å². The average molecular weight is 323 g/mol. The Bertz CT molecular complexity index is 862. The molecule has 0 amide bonds. The van der Waals surface area contributed by atoms with E-state index in [2.05, 4.69) is 62.6 Å². The lowest BCUT2D eigenvalue weighted by atomic mass is 9.79. The van der Waals surface area contributed by atoms with E-state index in [0.29, 0.717) is 11.5 Å². The fourth-order valence-corrected chi connectivity index (χ4v) is 2.79. The first-order valence-corrected chi connectivity index (χ1v) is 8.26. The lowest BCUT2D eigenvalue weighted by Gasteiger charge is -2.27. The SMILES string of the molecule is CC(C)(C)c1cc(-c2nc3ncccc3[nH]2)c(O)c(C(C)(C)C)c1. The lowest BCUT2D eigenvalue weighted by molar-refractivity contribution is 0.446. The molecule has 4 heteroatoms. The van der Waals surface area contributed by atoms with Gasteiger partial charge in [-0.3, -0.25) is 0 Å². The number of aromatic amines is 1. The summed E-state index contributed by atoms with van der Waals surface area (Å²) in [6.07, 6.45) is 1.72. The Morgan fingerprint density at radius 1 is 1.00 bits per heavy atom. The quantitative estimate of drug-likeness (QED) is 0.668. The third kappa shape index (κ3) is 2.88. The maximum atomic E-state index is 10.9. The molecular weight excluding hydrogens is 298 g/mol. The predicted octanol–water partition coefficient (Wildman–Crippen LogP) is 4.93. The second-order valence-electron chi connectivity index (χ2n) is 8.38. The van der Waals surface area contributed by atoms with E-state index in [0.717, 1.165) is 16.6 Å². The summed E-state index contributed by atoms with van der Waals surface area (Å²) < 4.78 is 0. The minimum absolute atomic E-state index is 0.0211. The van der Waals surface area contributed by atoms with E-state index in [1.807, 2.05) is 18.2 Å². The third-order valence-corrected chi connectivity index (χ3v) is 4.30. The number of imidazole rings is 1. The van der Waals surface area contributed by atoms with Gasteiger partial charge in [-0.15, -0.1) is 0 Å². The summed E-state index contributed by atoms with van der Waals surface area (Å²) in [5.74, 6) is 0.937. The highest BCUT2D eigenvalue weighted by atomic mass is 16.3. The summed E-state index contributed by atoms with van der Waals surface area (Å²) in [5.41, 5.74) is 4.17. The van der Waals surface area contributed by atoms with Crippen LogP contribution in [0.15, 0.2) is 30.5 Å². The number of phenols is 1. The van der Waals surface area contributed by atoms with Crippen molar-refractivity contribution in [2.75, 3.05) is 0 Å². The van der Waals surface area contributed by atoms with Crippen molar-refractivity contribution in [1.29, 1.82) is 0 Å². The number of benzene rings is 1. The number of aromatic hydroxyl groups is 1. The second kappa shape index (κ2) is 5.33. The van der Waals surface area contributed by atoms with Gasteiger partial charge in [-0.1, -0.05) is 47.6 Å². The largest absolute Gasteiger partial charge is 0.507 e. The maximum Gasteiger partial charge on any atom is 0.178 e. The minimum Gasteiger partial charge on any atom is -0.507 e. The molecule has 1 aromatic carbocycles. The number of hydrogen-bond acceptors (Lipinski definition) is 3. The molecular formula is C20H25N3O. The number of nitrogens with one attached hydrogen (secondary N) is 1. The number of pyridine rings is 1. The average Bonchev–Trinajstić information content (AvgIpc) is 2.88. The van der Waals surface area contributed by atoms with Gasteiger partial charge in [0.2, 0.25) is 0 Å². The lowest BCUT2D eigenvalue weighted by Crippen LogP contribution is -2.17. The van der Waals surface area contributed by atoms with Gasteiger partial charge in [-0.25, -0.2) is 9.97 Å². The Hall–Kier alpha value is -2.36. The Kier molecular flexibility index (Phi) is 3.67. The van der Waals surface area contributed by atoms with E-state index in [-0.39, 0.29) is 16.6 Å². The first-order valence-electron chi connectivity index (χ1n) is 8.26. The topological polar surface area (TPSA) is 61.8 Å². The van der Waals surface area contributed by atoms with Gasteiger partial charge in [-0.2, -0.15) is 0 Å². The monoisotopic (exact) mass is 323 g/mol. The van der Waals surface area contributed by atoms with Crippen LogP contribution in [-0.4, -0.2) is 20.1 Å². The number of hydrogen-bond donors (Lipinski definition) is 2. The van der Waals surface area contributed by atoms with Gasteiger partial charge in [0.25, 0.3) is 0 Å². The van der Waals surface area contributed by atoms with Gasteiger partial charge >= 0.3 is 0 Å². The predicted molar refractivity (Wildman–Crippen MR) is 98.4 cm³/mol. The summed E-state index contributed by atoms with van der Waals surface area (Å²) in [4.78, 5) is 12.1. The van der Waals surface area contributed by atoms with Crippen molar-refractivity contribution in [3.8, 4) is 17.1 Å². The summed E-state index contributed by atoms with van der Waals surface area (Å²) >= 11 is 0. The van der Waals surface area contributed by atoms with Crippen LogP contribution in [0, 0.1) is 0 Å².